The van der Waals surface area contributed by atoms with Crippen LogP contribution in [0.25, 0.3) is 21.3 Å². The number of rotatable bonds is 2. The molecule has 0 unspecified atom stereocenters. The Balaban J connectivity index is 1.79. The van der Waals surface area contributed by atoms with Gasteiger partial charge in [-0.1, -0.05) is 56.0 Å². The third kappa shape index (κ3) is 2.72. The fourth-order valence-corrected chi connectivity index (χ4v) is 4.50. The van der Waals surface area contributed by atoms with E-state index in [1.165, 1.54) is 37.0 Å². The Kier molecular flexibility index (Phi) is 4.00. The molecule has 4 heteroatoms. The van der Waals surface area contributed by atoms with Gasteiger partial charge in [-0.25, -0.2) is 4.98 Å². The smallest absolute Gasteiger partial charge is 0.271 e. The molecule has 1 saturated carbocycles. The van der Waals surface area contributed by atoms with Crippen molar-refractivity contribution in [3.63, 3.8) is 0 Å². The molecule has 0 radical (unpaired) electrons. The number of nitrogens with zero attached hydrogens (tertiary/aromatic N) is 2. The average molecular weight is 324 g/mol. The quantitative estimate of drug-likeness (QED) is 0.620. The molecule has 1 aliphatic carbocycles. The van der Waals surface area contributed by atoms with Crippen molar-refractivity contribution in [2.24, 2.45) is 0 Å². The van der Waals surface area contributed by atoms with Crippen molar-refractivity contribution in [1.82, 2.24) is 9.55 Å². The van der Waals surface area contributed by atoms with Crippen molar-refractivity contribution in [3.8, 4) is 11.1 Å². The Morgan fingerprint density at radius 2 is 1.78 bits per heavy atom. The summed E-state index contributed by atoms with van der Waals surface area (Å²) in [5.41, 5.74) is 3.17. The SMILES string of the molecule is O=c1c2scc(-c3ccccc3)c2ncn1C1CCCCCC1. The van der Waals surface area contributed by atoms with Crippen molar-refractivity contribution in [1.29, 1.82) is 0 Å². The first-order chi connectivity index (χ1) is 11.3. The highest BCUT2D eigenvalue weighted by atomic mass is 32.1. The van der Waals surface area contributed by atoms with Gasteiger partial charge in [0.2, 0.25) is 0 Å². The zero-order chi connectivity index (χ0) is 15.6. The van der Waals surface area contributed by atoms with Crippen LogP contribution in [0.5, 0.6) is 0 Å². The van der Waals surface area contributed by atoms with Gasteiger partial charge in [0, 0.05) is 17.0 Å². The van der Waals surface area contributed by atoms with E-state index in [4.69, 9.17) is 0 Å². The fourth-order valence-electron chi connectivity index (χ4n) is 3.54. The summed E-state index contributed by atoms with van der Waals surface area (Å²) in [5, 5.41) is 2.06. The summed E-state index contributed by atoms with van der Waals surface area (Å²) >= 11 is 1.52. The highest BCUT2D eigenvalue weighted by molar-refractivity contribution is 7.17. The zero-order valence-electron chi connectivity index (χ0n) is 13.1. The lowest BCUT2D eigenvalue weighted by Crippen LogP contribution is -2.24. The molecule has 1 aliphatic rings. The maximum absolute atomic E-state index is 12.9. The van der Waals surface area contributed by atoms with Gasteiger partial charge < -0.3 is 0 Å². The Labute approximate surface area is 139 Å². The van der Waals surface area contributed by atoms with Crippen LogP contribution < -0.4 is 5.56 Å². The lowest BCUT2D eigenvalue weighted by molar-refractivity contribution is 0.430. The molecule has 1 fully saturated rings. The normalized spacial score (nSPS) is 16.5. The van der Waals surface area contributed by atoms with Crippen LogP contribution in [0.15, 0.2) is 46.8 Å². The summed E-state index contributed by atoms with van der Waals surface area (Å²) in [6, 6.07) is 10.5. The molecule has 0 aliphatic heterocycles. The predicted molar refractivity (Wildman–Crippen MR) is 96.1 cm³/mol. The number of benzene rings is 1. The molecule has 4 rings (SSSR count). The molecular weight excluding hydrogens is 304 g/mol. The average Bonchev–Trinajstić information content (AvgIpc) is 2.84. The van der Waals surface area contributed by atoms with Crippen LogP contribution in [0.1, 0.15) is 44.6 Å². The summed E-state index contributed by atoms with van der Waals surface area (Å²) in [5.74, 6) is 0. The van der Waals surface area contributed by atoms with Gasteiger partial charge >= 0.3 is 0 Å². The second kappa shape index (κ2) is 6.28. The molecule has 0 atom stereocenters. The molecule has 0 spiro atoms. The van der Waals surface area contributed by atoms with Gasteiger partial charge in [0.1, 0.15) is 4.70 Å². The molecule has 3 nitrogen and oxygen atoms in total. The van der Waals surface area contributed by atoms with E-state index in [1.807, 2.05) is 22.8 Å². The van der Waals surface area contributed by atoms with E-state index >= 15 is 0 Å². The van der Waals surface area contributed by atoms with E-state index in [0.717, 1.165) is 34.2 Å². The molecule has 1 aromatic carbocycles. The van der Waals surface area contributed by atoms with E-state index < -0.39 is 0 Å². The topological polar surface area (TPSA) is 34.9 Å². The van der Waals surface area contributed by atoms with Gasteiger partial charge in [0.05, 0.1) is 11.8 Å². The minimum Gasteiger partial charge on any atom is -0.295 e. The highest BCUT2D eigenvalue weighted by Crippen LogP contribution is 2.32. The maximum Gasteiger partial charge on any atom is 0.271 e. The van der Waals surface area contributed by atoms with E-state index in [1.54, 1.807) is 6.33 Å². The Hall–Kier alpha value is -1.94. The van der Waals surface area contributed by atoms with Crippen LogP contribution in [0.3, 0.4) is 0 Å². The first kappa shape index (κ1) is 14.6. The van der Waals surface area contributed by atoms with Gasteiger partial charge in [0.15, 0.2) is 0 Å². The highest BCUT2D eigenvalue weighted by Gasteiger charge is 2.18. The molecule has 2 heterocycles. The molecule has 23 heavy (non-hydrogen) atoms. The molecule has 2 aromatic heterocycles. The van der Waals surface area contributed by atoms with Crippen molar-refractivity contribution >= 4 is 21.6 Å². The van der Waals surface area contributed by atoms with E-state index in [9.17, 15) is 4.79 Å². The summed E-state index contributed by atoms with van der Waals surface area (Å²) in [7, 11) is 0. The van der Waals surface area contributed by atoms with Crippen LogP contribution in [0.2, 0.25) is 0 Å². The number of hydrogen-bond acceptors (Lipinski definition) is 3. The van der Waals surface area contributed by atoms with Crippen molar-refractivity contribution in [2.45, 2.75) is 44.6 Å². The number of thiophene rings is 1. The number of hydrogen-bond donors (Lipinski definition) is 0. The maximum atomic E-state index is 12.9. The number of aromatic nitrogens is 2. The van der Waals surface area contributed by atoms with E-state index in [2.05, 4.69) is 22.5 Å². The first-order valence-electron chi connectivity index (χ1n) is 8.38. The third-order valence-electron chi connectivity index (χ3n) is 4.81. The molecule has 0 saturated heterocycles. The summed E-state index contributed by atoms with van der Waals surface area (Å²) in [6.07, 6.45) is 8.99. The third-order valence-corrected chi connectivity index (χ3v) is 5.76. The van der Waals surface area contributed by atoms with E-state index in [-0.39, 0.29) is 5.56 Å². The minimum absolute atomic E-state index is 0.133. The molecule has 0 N–H and O–H groups in total. The second-order valence-corrected chi connectivity index (χ2v) is 7.18. The van der Waals surface area contributed by atoms with Crippen molar-refractivity contribution in [3.05, 3.63) is 52.4 Å². The number of fused-ring (bicyclic) bond motifs is 1. The summed E-state index contributed by atoms with van der Waals surface area (Å²) in [4.78, 5) is 17.6. The lowest BCUT2D eigenvalue weighted by Gasteiger charge is -2.16. The predicted octanol–water partition coefficient (Wildman–Crippen LogP) is 5.02. The zero-order valence-corrected chi connectivity index (χ0v) is 13.9. The van der Waals surface area contributed by atoms with Crippen LogP contribution in [0, 0.1) is 0 Å². The second-order valence-electron chi connectivity index (χ2n) is 6.30. The Morgan fingerprint density at radius 1 is 1.04 bits per heavy atom. The Bertz CT molecular complexity index is 858. The summed E-state index contributed by atoms with van der Waals surface area (Å²) in [6.45, 7) is 0. The van der Waals surface area contributed by atoms with Crippen LogP contribution in [-0.2, 0) is 0 Å². The van der Waals surface area contributed by atoms with Gasteiger partial charge in [-0.3, -0.25) is 9.36 Å². The fraction of sp³-hybridized carbons (Fsp3) is 0.368. The standard InChI is InChI=1S/C19H20N2OS/c22-19-18-17(16(12-23-18)14-8-4-3-5-9-14)20-13-21(19)15-10-6-1-2-7-11-15/h3-5,8-9,12-13,15H,1-2,6-7,10-11H2. The Morgan fingerprint density at radius 3 is 2.52 bits per heavy atom. The van der Waals surface area contributed by atoms with Crippen LogP contribution in [0.4, 0.5) is 0 Å². The van der Waals surface area contributed by atoms with Crippen molar-refractivity contribution < 1.29 is 0 Å². The molecule has 0 amide bonds. The minimum atomic E-state index is 0.133. The first-order valence-corrected chi connectivity index (χ1v) is 9.26. The molecule has 118 valence electrons. The summed E-state index contributed by atoms with van der Waals surface area (Å²) < 4.78 is 2.68. The van der Waals surface area contributed by atoms with Gasteiger partial charge in [-0.2, -0.15) is 0 Å². The van der Waals surface area contributed by atoms with Crippen LogP contribution >= 0.6 is 11.3 Å². The molecular formula is C19H20N2OS. The van der Waals surface area contributed by atoms with E-state index in [0.29, 0.717) is 6.04 Å². The largest absolute Gasteiger partial charge is 0.295 e. The van der Waals surface area contributed by atoms with Gasteiger partial charge in [-0.15, -0.1) is 11.3 Å². The van der Waals surface area contributed by atoms with Gasteiger partial charge in [-0.05, 0) is 18.4 Å². The lowest BCUT2D eigenvalue weighted by atomic mass is 10.1. The van der Waals surface area contributed by atoms with Crippen LogP contribution in [-0.4, -0.2) is 9.55 Å². The van der Waals surface area contributed by atoms with Crippen molar-refractivity contribution in [2.75, 3.05) is 0 Å². The molecule has 0 bridgehead atoms. The van der Waals surface area contributed by atoms with Gasteiger partial charge in [0.25, 0.3) is 5.56 Å². The molecule has 3 aromatic rings. The monoisotopic (exact) mass is 324 g/mol.